The molecule has 0 unspecified atom stereocenters. The van der Waals surface area contributed by atoms with E-state index in [0.717, 1.165) is 29.3 Å². The van der Waals surface area contributed by atoms with Crippen LogP contribution in [-0.4, -0.2) is 15.0 Å². The van der Waals surface area contributed by atoms with Crippen molar-refractivity contribution in [1.82, 2.24) is 15.0 Å². The van der Waals surface area contributed by atoms with Crippen molar-refractivity contribution in [2.75, 3.05) is 0 Å². The van der Waals surface area contributed by atoms with Gasteiger partial charge in [0.05, 0.1) is 12.0 Å². The maximum Gasteiger partial charge on any atom is 0.154 e. The molecule has 5 nitrogen and oxygen atoms in total. The lowest BCUT2D eigenvalue weighted by Crippen LogP contribution is -2.02. The Balaban J connectivity index is 1.96. The second-order valence-corrected chi connectivity index (χ2v) is 5.25. The highest BCUT2D eigenvalue weighted by Crippen LogP contribution is 2.25. The molecular weight excluding hydrogens is 276 g/mol. The summed E-state index contributed by atoms with van der Waals surface area (Å²) in [6.07, 6.45) is 5.15. The van der Waals surface area contributed by atoms with Gasteiger partial charge in [0.2, 0.25) is 0 Å². The molecule has 0 amide bonds. The number of nitrogens with two attached hydrogens (primary N) is 1. The molecule has 5 heteroatoms. The van der Waals surface area contributed by atoms with Crippen molar-refractivity contribution in [3.63, 3.8) is 0 Å². The standard InChI is InChI=1S/C17H20N4O/c1-2-3-5-13-7-9-14(10-8-13)21-17(15(12-18)19-20-21)16-6-4-11-22-16/h4,6-11H,2-3,5,12,18H2,1H3. The molecule has 1 aromatic carbocycles. The minimum absolute atomic E-state index is 0.324. The van der Waals surface area contributed by atoms with Gasteiger partial charge in [-0.25, -0.2) is 4.68 Å². The average Bonchev–Trinajstić information content (AvgIpc) is 3.21. The molecule has 22 heavy (non-hydrogen) atoms. The van der Waals surface area contributed by atoms with Crippen molar-refractivity contribution in [2.45, 2.75) is 32.7 Å². The lowest BCUT2D eigenvalue weighted by molar-refractivity contribution is 0.576. The Hall–Kier alpha value is -2.40. The lowest BCUT2D eigenvalue weighted by atomic mass is 10.1. The second-order valence-electron chi connectivity index (χ2n) is 5.25. The van der Waals surface area contributed by atoms with Crippen LogP contribution >= 0.6 is 0 Å². The normalized spacial score (nSPS) is 11.0. The molecule has 0 radical (unpaired) electrons. The molecule has 3 aromatic rings. The van der Waals surface area contributed by atoms with Gasteiger partial charge in [0.15, 0.2) is 5.76 Å². The van der Waals surface area contributed by atoms with Crippen molar-refractivity contribution in [1.29, 1.82) is 0 Å². The Morgan fingerprint density at radius 1 is 1.18 bits per heavy atom. The maximum absolute atomic E-state index is 5.77. The van der Waals surface area contributed by atoms with E-state index < -0.39 is 0 Å². The molecule has 0 spiro atoms. The molecule has 0 aliphatic carbocycles. The number of aromatic nitrogens is 3. The summed E-state index contributed by atoms with van der Waals surface area (Å²) in [6, 6.07) is 12.1. The van der Waals surface area contributed by atoms with Crippen molar-refractivity contribution >= 4 is 0 Å². The quantitative estimate of drug-likeness (QED) is 0.757. The van der Waals surface area contributed by atoms with Gasteiger partial charge in [-0.15, -0.1) is 5.10 Å². The van der Waals surface area contributed by atoms with Gasteiger partial charge < -0.3 is 10.2 Å². The molecule has 0 atom stereocenters. The third kappa shape index (κ3) is 2.80. The largest absolute Gasteiger partial charge is 0.463 e. The first-order valence-corrected chi connectivity index (χ1v) is 7.61. The van der Waals surface area contributed by atoms with Gasteiger partial charge in [0.25, 0.3) is 0 Å². The first-order valence-electron chi connectivity index (χ1n) is 7.61. The fourth-order valence-corrected chi connectivity index (χ4v) is 2.48. The summed E-state index contributed by atoms with van der Waals surface area (Å²) in [7, 11) is 0. The zero-order valence-corrected chi connectivity index (χ0v) is 12.7. The topological polar surface area (TPSA) is 69.9 Å². The number of unbranched alkanes of at least 4 members (excludes halogenated alkanes) is 1. The van der Waals surface area contributed by atoms with Crippen LogP contribution in [0.3, 0.4) is 0 Å². The van der Waals surface area contributed by atoms with E-state index in [1.165, 1.54) is 18.4 Å². The minimum atomic E-state index is 0.324. The monoisotopic (exact) mass is 296 g/mol. The van der Waals surface area contributed by atoms with Crippen molar-refractivity contribution in [3.05, 3.63) is 53.9 Å². The summed E-state index contributed by atoms with van der Waals surface area (Å²) < 4.78 is 7.29. The molecule has 0 aliphatic rings. The number of aryl methyl sites for hydroxylation is 1. The van der Waals surface area contributed by atoms with E-state index in [-0.39, 0.29) is 0 Å². The zero-order valence-electron chi connectivity index (χ0n) is 12.7. The molecule has 0 saturated heterocycles. The number of furan rings is 1. The minimum Gasteiger partial charge on any atom is -0.463 e. The van der Waals surface area contributed by atoms with Crippen LogP contribution < -0.4 is 5.73 Å². The van der Waals surface area contributed by atoms with E-state index in [1.807, 2.05) is 12.1 Å². The van der Waals surface area contributed by atoms with E-state index in [9.17, 15) is 0 Å². The van der Waals surface area contributed by atoms with Crippen molar-refractivity contribution in [3.8, 4) is 17.1 Å². The fourth-order valence-electron chi connectivity index (χ4n) is 2.48. The van der Waals surface area contributed by atoms with Gasteiger partial charge >= 0.3 is 0 Å². The van der Waals surface area contributed by atoms with E-state index in [2.05, 4.69) is 41.5 Å². The highest BCUT2D eigenvalue weighted by atomic mass is 16.3. The molecule has 2 heterocycles. The molecular formula is C17H20N4O. The van der Waals surface area contributed by atoms with Crippen LogP contribution in [0.4, 0.5) is 0 Å². The van der Waals surface area contributed by atoms with E-state index in [1.54, 1.807) is 10.9 Å². The molecule has 114 valence electrons. The molecule has 2 aromatic heterocycles. The van der Waals surface area contributed by atoms with Gasteiger partial charge in [-0.3, -0.25) is 0 Å². The third-order valence-corrected chi connectivity index (χ3v) is 3.69. The van der Waals surface area contributed by atoms with Gasteiger partial charge in [-0.05, 0) is 42.7 Å². The van der Waals surface area contributed by atoms with Crippen LogP contribution in [0, 0.1) is 0 Å². The molecule has 3 rings (SSSR count). The van der Waals surface area contributed by atoms with Crippen molar-refractivity contribution in [2.24, 2.45) is 5.73 Å². The van der Waals surface area contributed by atoms with Crippen LogP contribution in [0.25, 0.3) is 17.1 Å². The van der Waals surface area contributed by atoms with Crippen LogP contribution in [0.2, 0.25) is 0 Å². The predicted octanol–water partition coefficient (Wildman–Crippen LogP) is 3.33. The number of nitrogens with zero attached hydrogens (tertiary/aromatic N) is 3. The average molecular weight is 296 g/mol. The molecule has 0 aliphatic heterocycles. The maximum atomic E-state index is 5.77. The molecule has 2 N–H and O–H groups in total. The number of benzene rings is 1. The van der Waals surface area contributed by atoms with Crippen LogP contribution in [0.5, 0.6) is 0 Å². The molecule has 0 fully saturated rings. The Kier molecular flexibility index (Phi) is 4.34. The first-order chi connectivity index (χ1) is 10.8. The summed E-state index contributed by atoms with van der Waals surface area (Å²) in [6.45, 7) is 2.53. The van der Waals surface area contributed by atoms with Crippen molar-refractivity contribution < 1.29 is 4.42 Å². The molecule has 0 bridgehead atoms. The Bertz CT molecular complexity index is 714. The predicted molar refractivity (Wildman–Crippen MR) is 85.6 cm³/mol. The van der Waals surface area contributed by atoms with Gasteiger partial charge in [0, 0.05) is 6.54 Å². The van der Waals surface area contributed by atoms with Gasteiger partial charge in [-0.1, -0.05) is 30.7 Å². The van der Waals surface area contributed by atoms with Gasteiger partial charge in [-0.2, -0.15) is 0 Å². The lowest BCUT2D eigenvalue weighted by Gasteiger charge is -2.07. The highest BCUT2D eigenvalue weighted by Gasteiger charge is 2.17. The van der Waals surface area contributed by atoms with Crippen LogP contribution in [-0.2, 0) is 13.0 Å². The summed E-state index contributed by atoms with van der Waals surface area (Å²) in [5.74, 6) is 0.723. The summed E-state index contributed by atoms with van der Waals surface area (Å²) in [5, 5.41) is 8.40. The SMILES string of the molecule is CCCCc1ccc(-n2nnc(CN)c2-c2ccco2)cc1. The highest BCUT2D eigenvalue weighted by molar-refractivity contribution is 5.58. The van der Waals surface area contributed by atoms with E-state index in [0.29, 0.717) is 6.54 Å². The smallest absolute Gasteiger partial charge is 0.154 e. The summed E-state index contributed by atoms with van der Waals surface area (Å²) >= 11 is 0. The zero-order chi connectivity index (χ0) is 15.4. The van der Waals surface area contributed by atoms with E-state index >= 15 is 0 Å². The Morgan fingerprint density at radius 3 is 2.64 bits per heavy atom. The molecule has 0 saturated carbocycles. The van der Waals surface area contributed by atoms with Crippen LogP contribution in [0.1, 0.15) is 31.0 Å². The number of hydrogen-bond donors (Lipinski definition) is 1. The van der Waals surface area contributed by atoms with Crippen LogP contribution in [0.15, 0.2) is 47.1 Å². The van der Waals surface area contributed by atoms with E-state index in [4.69, 9.17) is 10.2 Å². The fraction of sp³-hybridized carbons (Fsp3) is 0.294. The Labute approximate surface area is 129 Å². The second kappa shape index (κ2) is 6.58. The summed E-state index contributed by atoms with van der Waals surface area (Å²) in [5.41, 5.74) is 9.60. The third-order valence-electron chi connectivity index (χ3n) is 3.69. The number of hydrogen-bond acceptors (Lipinski definition) is 4. The number of rotatable bonds is 6. The Morgan fingerprint density at radius 2 is 2.00 bits per heavy atom. The first kappa shape index (κ1) is 14.5. The van der Waals surface area contributed by atoms with Gasteiger partial charge in [0.1, 0.15) is 11.4 Å². The summed E-state index contributed by atoms with van der Waals surface area (Å²) in [4.78, 5) is 0.